The lowest BCUT2D eigenvalue weighted by atomic mass is 9.87. The van der Waals surface area contributed by atoms with Gasteiger partial charge in [0.2, 0.25) is 0 Å². The molecule has 0 radical (unpaired) electrons. The molecule has 27 heavy (non-hydrogen) atoms. The van der Waals surface area contributed by atoms with Crippen LogP contribution in [0.15, 0.2) is 65.7 Å². The maximum atomic E-state index is 12.4. The predicted octanol–water partition coefficient (Wildman–Crippen LogP) is 2.89. The third kappa shape index (κ3) is 3.18. The Morgan fingerprint density at radius 1 is 1.11 bits per heavy atom. The van der Waals surface area contributed by atoms with E-state index in [-0.39, 0.29) is 0 Å². The van der Waals surface area contributed by atoms with Gasteiger partial charge in [-0.3, -0.25) is 0 Å². The van der Waals surface area contributed by atoms with Crippen LogP contribution in [0.2, 0.25) is 0 Å². The summed E-state index contributed by atoms with van der Waals surface area (Å²) in [4.78, 5) is 31.0. The van der Waals surface area contributed by atoms with E-state index < -0.39 is 29.6 Å². The summed E-state index contributed by atoms with van der Waals surface area (Å²) < 4.78 is 4.94. The first-order valence-corrected chi connectivity index (χ1v) is 8.70. The Morgan fingerprint density at radius 3 is 2.19 bits per heavy atom. The maximum Gasteiger partial charge on any atom is 0.333 e. The van der Waals surface area contributed by atoms with Crippen LogP contribution < -0.4 is 0 Å². The molecule has 3 atom stereocenters. The fourth-order valence-corrected chi connectivity index (χ4v) is 3.51. The van der Waals surface area contributed by atoms with E-state index in [2.05, 4.69) is 4.99 Å². The second-order valence-corrected chi connectivity index (χ2v) is 6.67. The van der Waals surface area contributed by atoms with Gasteiger partial charge in [0, 0.05) is 5.56 Å². The average Bonchev–Trinajstić information content (AvgIpc) is 3.02. The van der Waals surface area contributed by atoms with Gasteiger partial charge in [-0.05, 0) is 19.4 Å². The fraction of sp³-hybridized carbons (Fsp3) is 0.286. The van der Waals surface area contributed by atoms with Gasteiger partial charge in [-0.15, -0.1) is 0 Å². The molecular formula is C21H22N2O4. The van der Waals surface area contributed by atoms with Crippen molar-refractivity contribution >= 4 is 17.8 Å². The van der Waals surface area contributed by atoms with Crippen LogP contribution in [0.1, 0.15) is 31.0 Å². The summed E-state index contributed by atoms with van der Waals surface area (Å²) in [5.74, 6) is -1.04. The van der Waals surface area contributed by atoms with E-state index >= 15 is 0 Å². The third-order valence-electron chi connectivity index (χ3n) is 4.93. The summed E-state index contributed by atoms with van der Waals surface area (Å²) in [5, 5.41) is 10.0. The molecule has 0 aliphatic carbocycles. The highest BCUT2D eigenvalue weighted by Gasteiger charge is 2.54. The van der Waals surface area contributed by atoms with E-state index in [0.29, 0.717) is 5.84 Å². The minimum Gasteiger partial charge on any atom is -0.479 e. The zero-order valence-corrected chi connectivity index (χ0v) is 15.5. The first kappa shape index (κ1) is 18.6. The fourth-order valence-electron chi connectivity index (χ4n) is 3.51. The lowest BCUT2D eigenvalue weighted by Crippen LogP contribution is -2.49. The standard InChI is InChI=1S/C21H22N2O4/c1-14(19(24)27-3)23-17(15-10-6-4-7-11-15)21(2,20(25)26)22-18(23)16-12-8-5-9-13-16/h4-14,17H,1-3H3,(H,25,26)/t14?,17-,21-/m1/s1. The molecule has 0 saturated heterocycles. The Kier molecular flexibility index (Phi) is 4.99. The highest BCUT2D eigenvalue weighted by molar-refractivity contribution is 6.05. The number of methoxy groups -OCH3 is 1. The molecule has 1 heterocycles. The van der Waals surface area contributed by atoms with Gasteiger partial charge < -0.3 is 14.7 Å². The number of rotatable bonds is 5. The Labute approximate surface area is 158 Å². The summed E-state index contributed by atoms with van der Waals surface area (Å²) in [5.41, 5.74) is 0.0708. The molecule has 6 nitrogen and oxygen atoms in total. The molecule has 0 saturated carbocycles. The number of carboxylic acids is 1. The molecule has 0 amide bonds. The molecular weight excluding hydrogens is 344 g/mol. The van der Waals surface area contributed by atoms with E-state index in [1.165, 1.54) is 7.11 Å². The maximum absolute atomic E-state index is 12.4. The number of esters is 1. The highest BCUT2D eigenvalue weighted by Crippen LogP contribution is 2.43. The van der Waals surface area contributed by atoms with Crippen molar-refractivity contribution < 1.29 is 19.4 Å². The number of aliphatic imine (C=N–C) groups is 1. The van der Waals surface area contributed by atoms with Crippen molar-refractivity contribution in [3.63, 3.8) is 0 Å². The van der Waals surface area contributed by atoms with Gasteiger partial charge in [0.25, 0.3) is 0 Å². The molecule has 2 aromatic carbocycles. The molecule has 3 rings (SSSR count). The van der Waals surface area contributed by atoms with Crippen LogP contribution in [0, 0.1) is 0 Å². The molecule has 1 aliphatic rings. The molecule has 1 unspecified atom stereocenters. The van der Waals surface area contributed by atoms with Crippen molar-refractivity contribution in [2.45, 2.75) is 31.5 Å². The van der Waals surface area contributed by atoms with Crippen molar-refractivity contribution in [3.8, 4) is 0 Å². The zero-order valence-electron chi connectivity index (χ0n) is 15.5. The van der Waals surface area contributed by atoms with E-state index in [1.54, 1.807) is 18.7 Å². The number of carbonyl (C=O) groups is 2. The normalized spacial score (nSPS) is 22.9. The second kappa shape index (κ2) is 7.23. The van der Waals surface area contributed by atoms with Crippen LogP contribution in [0.4, 0.5) is 0 Å². The quantitative estimate of drug-likeness (QED) is 0.823. The zero-order chi connectivity index (χ0) is 19.6. The number of nitrogens with zero attached hydrogens (tertiary/aromatic N) is 2. The number of hydrogen-bond acceptors (Lipinski definition) is 5. The summed E-state index contributed by atoms with van der Waals surface area (Å²) in [6.07, 6.45) is 0. The van der Waals surface area contributed by atoms with Crippen molar-refractivity contribution in [1.82, 2.24) is 4.90 Å². The third-order valence-corrected chi connectivity index (χ3v) is 4.93. The van der Waals surface area contributed by atoms with Crippen LogP contribution in [0.25, 0.3) is 0 Å². The van der Waals surface area contributed by atoms with Crippen LogP contribution in [-0.2, 0) is 14.3 Å². The summed E-state index contributed by atoms with van der Waals surface area (Å²) in [6, 6.07) is 17.2. The van der Waals surface area contributed by atoms with Crippen LogP contribution in [-0.4, -0.2) is 46.5 Å². The SMILES string of the molecule is COC(=O)C(C)N1C(c2ccccc2)=N[C@@](C)(C(=O)O)[C@H]1c1ccccc1. The van der Waals surface area contributed by atoms with Crippen molar-refractivity contribution in [2.75, 3.05) is 7.11 Å². The second-order valence-electron chi connectivity index (χ2n) is 6.67. The Bertz CT molecular complexity index is 866. The largest absolute Gasteiger partial charge is 0.479 e. The van der Waals surface area contributed by atoms with Gasteiger partial charge in [-0.2, -0.15) is 0 Å². The van der Waals surface area contributed by atoms with Crippen molar-refractivity contribution in [2.24, 2.45) is 4.99 Å². The van der Waals surface area contributed by atoms with Gasteiger partial charge in [0.15, 0.2) is 5.54 Å². The summed E-state index contributed by atoms with van der Waals surface area (Å²) in [7, 11) is 1.32. The Morgan fingerprint density at radius 2 is 1.67 bits per heavy atom. The molecule has 140 valence electrons. The molecule has 0 spiro atoms. The molecule has 0 aromatic heterocycles. The van der Waals surface area contributed by atoms with Gasteiger partial charge in [0.1, 0.15) is 11.9 Å². The monoisotopic (exact) mass is 366 g/mol. The Balaban J connectivity index is 2.22. The topological polar surface area (TPSA) is 79.2 Å². The van der Waals surface area contributed by atoms with Crippen LogP contribution in [0.5, 0.6) is 0 Å². The van der Waals surface area contributed by atoms with Crippen LogP contribution in [0.3, 0.4) is 0 Å². The van der Waals surface area contributed by atoms with Gasteiger partial charge >= 0.3 is 11.9 Å². The first-order valence-electron chi connectivity index (χ1n) is 8.70. The van der Waals surface area contributed by atoms with E-state index in [1.807, 2.05) is 60.7 Å². The number of carbonyl (C=O) groups excluding carboxylic acids is 1. The molecule has 0 fully saturated rings. The lowest BCUT2D eigenvalue weighted by molar-refractivity contribution is -0.149. The summed E-state index contributed by atoms with van der Waals surface area (Å²) in [6.45, 7) is 3.29. The Hall–Kier alpha value is -3.15. The molecule has 1 N–H and O–H groups in total. The van der Waals surface area contributed by atoms with Gasteiger partial charge in [-0.1, -0.05) is 60.7 Å². The number of amidine groups is 1. The van der Waals surface area contributed by atoms with Gasteiger partial charge in [0.05, 0.1) is 13.2 Å². The van der Waals surface area contributed by atoms with Gasteiger partial charge in [-0.25, -0.2) is 14.6 Å². The summed E-state index contributed by atoms with van der Waals surface area (Å²) >= 11 is 0. The number of aliphatic carboxylic acids is 1. The number of hydrogen-bond donors (Lipinski definition) is 1. The number of ether oxygens (including phenoxy) is 1. The van der Waals surface area contributed by atoms with E-state index in [4.69, 9.17) is 4.74 Å². The molecule has 2 aromatic rings. The van der Waals surface area contributed by atoms with Crippen molar-refractivity contribution in [1.29, 1.82) is 0 Å². The van der Waals surface area contributed by atoms with E-state index in [9.17, 15) is 14.7 Å². The van der Waals surface area contributed by atoms with E-state index in [0.717, 1.165) is 11.1 Å². The lowest BCUT2D eigenvalue weighted by Gasteiger charge is -2.36. The smallest absolute Gasteiger partial charge is 0.333 e. The van der Waals surface area contributed by atoms with Crippen molar-refractivity contribution in [3.05, 3.63) is 71.8 Å². The molecule has 6 heteroatoms. The average molecular weight is 366 g/mol. The minimum absolute atomic E-state index is 0.450. The molecule has 1 aliphatic heterocycles. The molecule has 0 bridgehead atoms. The number of benzene rings is 2. The first-order chi connectivity index (χ1) is 12.9. The predicted molar refractivity (Wildman–Crippen MR) is 102 cm³/mol. The van der Waals surface area contributed by atoms with Crippen LogP contribution >= 0.6 is 0 Å². The minimum atomic E-state index is -1.45. The highest BCUT2D eigenvalue weighted by atomic mass is 16.5. The number of carboxylic acid groups (broad SMARTS) is 1.